The van der Waals surface area contributed by atoms with Crippen LogP contribution in [0.5, 0.6) is 5.88 Å². The van der Waals surface area contributed by atoms with E-state index < -0.39 is 0 Å². The number of amides is 1. The molecule has 1 saturated heterocycles. The minimum atomic E-state index is -0.0527. The monoisotopic (exact) mass is 273 g/mol. The Kier molecular flexibility index (Phi) is 3.73. The highest BCUT2D eigenvalue weighted by atomic mass is 16.5. The summed E-state index contributed by atoms with van der Waals surface area (Å²) < 4.78 is 10.7. The normalized spacial score (nSPS) is 15.3. The summed E-state index contributed by atoms with van der Waals surface area (Å²) in [6.07, 6.45) is 1.67. The number of benzene rings is 1. The topological polar surface area (TPSA) is 64.5 Å². The first-order chi connectivity index (χ1) is 9.84. The van der Waals surface area contributed by atoms with Crippen LogP contribution in [0.1, 0.15) is 0 Å². The van der Waals surface area contributed by atoms with E-state index >= 15 is 0 Å². The zero-order chi connectivity index (χ0) is 13.8. The minimum Gasteiger partial charge on any atom is -0.466 e. The standard InChI is InChI=1S/C14H15N3O3/c18-13(17-5-7-19-8-6-17)10-20-14-12-4-2-1-3-11(12)9-15-16-14/h1-4,9H,5-8,10H2. The fourth-order valence-electron chi connectivity index (χ4n) is 2.14. The number of aromatic nitrogens is 2. The second-order valence-electron chi connectivity index (χ2n) is 4.52. The van der Waals surface area contributed by atoms with Gasteiger partial charge in [-0.1, -0.05) is 18.2 Å². The fraction of sp³-hybridized carbons (Fsp3) is 0.357. The lowest BCUT2D eigenvalue weighted by atomic mass is 10.2. The van der Waals surface area contributed by atoms with Crippen molar-refractivity contribution < 1.29 is 14.3 Å². The summed E-state index contributed by atoms with van der Waals surface area (Å²) in [5.74, 6) is 0.341. The summed E-state index contributed by atoms with van der Waals surface area (Å²) in [6, 6.07) is 7.66. The van der Waals surface area contributed by atoms with Crippen LogP contribution in [0, 0.1) is 0 Å². The number of carbonyl (C=O) groups excluding carboxylic acids is 1. The molecule has 1 aliphatic heterocycles. The van der Waals surface area contributed by atoms with Crippen LogP contribution in [0.25, 0.3) is 10.8 Å². The lowest BCUT2D eigenvalue weighted by molar-refractivity contribution is -0.137. The summed E-state index contributed by atoms with van der Waals surface area (Å²) >= 11 is 0. The van der Waals surface area contributed by atoms with Crippen LogP contribution in [0.4, 0.5) is 0 Å². The third kappa shape index (κ3) is 2.70. The van der Waals surface area contributed by atoms with Gasteiger partial charge in [0.1, 0.15) is 0 Å². The number of rotatable bonds is 3. The Labute approximate surface area is 116 Å². The highest BCUT2D eigenvalue weighted by Gasteiger charge is 2.17. The van der Waals surface area contributed by atoms with Crippen molar-refractivity contribution in [2.45, 2.75) is 0 Å². The third-order valence-corrected chi connectivity index (χ3v) is 3.23. The van der Waals surface area contributed by atoms with Gasteiger partial charge in [-0.25, -0.2) is 0 Å². The molecule has 2 aromatic rings. The van der Waals surface area contributed by atoms with E-state index in [0.29, 0.717) is 32.2 Å². The van der Waals surface area contributed by atoms with E-state index in [9.17, 15) is 4.79 Å². The van der Waals surface area contributed by atoms with Gasteiger partial charge in [0.2, 0.25) is 5.88 Å². The van der Waals surface area contributed by atoms with Gasteiger partial charge in [-0.2, -0.15) is 5.10 Å². The average Bonchev–Trinajstić information content (AvgIpc) is 2.53. The van der Waals surface area contributed by atoms with Crippen LogP contribution in [0.3, 0.4) is 0 Å². The van der Waals surface area contributed by atoms with Gasteiger partial charge in [0, 0.05) is 23.9 Å². The lowest BCUT2D eigenvalue weighted by Gasteiger charge is -2.26. The van der Waals surface area contributed by atoms with E-state index in [-0.39, 0.29) is 12.5 Å². The maximum Gasteiger partial charge on any atom is 0.260 e. The maximum absolute atomic E-state index is 12.0. The van der Waals surface area contributed by atoms with Gasteiger partial charge in [-0.3, -0.25) is 4.79 Å². The van der Waals surface area contributed by atoms with Crippen LogP contribution < -0.4 is 4.74 Å². The van der Waals surface area contributed by atoms with E-state index in [4.69, 9.17) is 9.47 Å². The molecule has 20 heavy (non-hydrogen) atoms. The Morgan fingerprint density at radius 1 is 1.30 bits per heavy atom. The third-order valence-electron chi connectivity index (χ3n) is 3.23. The number of fused-ring (bicyclic) bond motifs is 1. The zero-order valence-corrected chi connectivity index (χ0v) is 11.0. The molecule has 0 aliphatic carbocycles. The van der Waals surface area contributed by atoms with E-state index in [2.05, 4.69) is 10.2 Å². The van der Waals surface area contributed by atoms with Gasteiger partial charge in [-0.15, -0.1) is 5.10 Å². The molecule has 1 aromatic carbocycles. The van der Waals surface area contributed by atoms with Crippen LogP contribution in [-0.2, 0) is 9.53 Å². The van der Waals surface area contributed by atoms with Crippen molar-refractivity contribution >= 4 is 16.7 Å². The molecule has 0 bridgehead atoms. The summed E-state index contributed by atoms with van der Waals surface area (Å²) in [5, 5.41) is 9.64. The molecule has 0 atom stereocenters. The first-order valence-electron chi connectivity index (χ1n) is 6.53. The number of carbonyl (C=O) groups is 1. The molecule has 0 saturated carbocycles. The first kappa shape index (κ1) is 12.8. The zero-order valence-electron chi connectivity index (χ0n) is 11.0. The van der Waals surface area contributed by atoms with Crippen molar-refractivity contribution in [2.75, 3.05) is 32.9 Å². The van der Waals surface area contributed by atoms with E-state index in [1.807, 2.05) is 24.3 Å². The van der Waals surface area contributed by atoms with Crippen LogP contribution >= 0.6 is 0 Å². The maximum atomic E-state index is 12.0. The van der Waals surface area contributed by atoms with Crippen molar-refractivity contribution in [1.29, 1.82) is 0 Å². The van der Waals surface area contributed by atoms with Crippen LogP contribution in [-0.4, -0.2) is 53.9 Å². The lowest BCUT2D eigenvalue weighted by Crippen LogP contribution is -2.43. The molecule has 3 rings (SSSR count). The number of hydrogen-bond acceptors (Lipinski definition) is 5. The van der Waals surface area contributed by atoms with Crippen molar-refractivity contribution in [3.63, 3.8) is 0 Å². The summed E-state index contributed by atoms with van der Waals surface area (Å²) in [7, 11) is 0. The van der Waals surface area contributed by atoms with Gasteiger partial charge < -0.3 is 14.4 Å². The predicted molar refractivity (Wildman–Crippen MR) is 72.4 cm³/mol. The number of ether oxygens (including phenoxy) is 2. The van der Waals surface area contributed by atoms with Gasteiger partial charge in [0.05, 0.1) is 19.4 Å². The molecule has 2 heterocycles. The summed E-state index contributed by atoms with van der Waals surface area (Å²) in [5.41, 5.74) is 0. The second kappa shape index (κ2) is 5.83. The molecular weight excluding hydrogens is 258 g/mol. The molecule has 0 unspecified atom stereocenters. The Bertz CT molecular complexity index is 606. The Morgan fingerprint density at radius 2 is 2.10 bits per heavy atom. The molecule has 0 spiro atoms. The molecule has 1 aromatic heterocycles. The SMILES string of the molecule is O=C(COc1nncc2ccccc12)N1CCOCC1. The first-order valence-corrected chi connectivity index (χ1v) is 6.53. The molecule has 0 radical (unpaired) electrons. The Balaban J connectivity index is 1.69. The molecule has 6 heteroatoms. The largest absolute Gasteiger partial charge is 0.466 e. The van der Waals surface area contributed by atoms with Crippen LogP contribution in [0.2, 0.25) is 0 Å². The molecule has 0 N–H and O–H groups in total. The Hall–Kier alpha value is -2.21. The number of morpholine rings is 1. The van der Waals surface area contributed by atoms with Gasteiger partial charge >= 0.3 is 0 Å². The highest BCUT2D eigenvalue weighted by molar-refractivity contribution is 5.86. The van der Waals surface area contributed by atoms with Crippen LogP contribution in [0.15, 0.2) is 30.5 Å². The van der Waals surface area contributed by atoms with Crippen molar-refractivity contribution in [2.24, 2.45) is 0 Å². The van der Waals surface area contributed by atoms with Crippen molar-refractivity contribution in [3.05, 3.63) is 30.5 Å². The summed E-state index contributed by atoms with van der Waals surface area (Å²) in [6.45, 7) is 2.37. The van der Waals surface area contributed by atoms with Gasteiger partial charge in [-0.05, 0) is 6.07 Å². The second-order valence-corrected chi connectivity index (χ2v) is 4.52. The van der Waals surface area contributed by atoms with Gasteiger partial charge in [0.15, 0.2) is 6.61 Å². The minimum absolute atomic E-state index is 0.0251. The molecule has 6 nitrogen and oxygen atoms in total. The molecule has 1 amide bonds. The van der Waals surface area contributed by atoms with E-state index in [1.165, 1.54) is 0 Å². The van der Waals surface area contributed by atoms with Crippen molar-refractivity contribution in [3.8, 4) is 5.88 Å². The van der Waals surface area contributed by atoms with Gasteiger partial charge in [0.25, 0.3) is 5.91 Å². The fourth-order valence-corrected chi connectivity index (χ4v) is 2.14. The van der Waals surface area contributed by atoms with E-state index in [1.54, 1.807) is 11.1 Å². The number of hydrogen-bond donors (Lipinski definition) is 0. The predicted octanol–water partition coefficient (Wildman–Crippen LogP) is 0.867. The Morgan fingerprint density at radius 3 is 2.95 bits per heavy atom. The molecule has 104 valence electrons. The quantitative estimate of drug-likeness (QED) is 0.830. The number of nitrogens with zero attached hydrogens (tertiary/aromatic N) is 3. The average molecular weight is 273 g/mol. The summed E-state index contributed by atoms with van der Waals surface area (Å²) in [4.78, 5) is 13.7. The highest BCUT2D eigenvalue weighted by Crippen LogP contribution is 2.21. The van der Waals surface area contributed by atoms with E-state index in [0.717, 1.165) is 10.8 Å². The molecule has 1 fully saturated rings. The molecule has 1 aliphatic rings. The van der Waals surface area contributed by atoms with Crippen molar-refractivity contribution in [1.82, 2.24) is 15.1 Å². The smallest absolute Gasteiger partial charge is 0.260 e. The molecular formula is C14H15N3O3.